The summed E-state index contributed by atoms with van der Waals surface area (Å²) in [5, 5.41) is 0. The number of carbonyl (C=O) groups excluding carboxylic acids is 1. The van der Waals surface area contributed by atoms with E-state index in [2.05, 4.69) is 18.7 Å². The lowest BCUT2D eigenvalue weighted by molar-refractivity contribution is 0.0923. The van der Waals surface area contributed by atoms with Crippen molar-refractivity contribution in [3.05, 3.63) is 0 Å². The second-order valence-corrected chi connectivity index (χ2v) is 4.52. The summed E-state index contributed by atoms with van der Waals surface area (Å²) >= 11 is 0. The maximum atomic E-state index is 11.7. The van der Waals surface area contributed by atoms with Gasteiger partial charge in [-0.2, -0.15) is 0 Å². The lowest BCUT2D eigenvalue weighted by Gasteiger charge is -2.27. The lowest BCUT2D eigenvalue weighted by atomic mass is 10.2. The van der Waals surface area contributed by atoms with E-state index in [1.807, 2.05) is 18.7 Å². The molecule has 0 aliphatic carbocycles. The van der Waals surface area contributed by atoms with Gasteiger partial charge in [-0.3, -0.25) is 4.90 Å². The molecule has 1 heterocycles. The Kier molecular flexibility index (Phi) is 5.06. The van der Waals surface area contributed by atoms with Crippen LogP contribution >= 0.6 is 0 Å². The number of rotatable bonds is 4. The Bertz CT molecular complexity index is 231. The average molecular weight is 228 g/mol. The van der Waals surface area contributed by atoms with Crippen LogP contribution in [0.15, 0.2) is 0 Å². The molecule has 0 N–H and O–H groups in total. The van der Waals surface area contributed by atoms with Crippen LogP contribution in [0.1, 0.15) is 34.1 Å². The predicted molar refractivity (Wildman–Crippen MR) is 64.5 cm³/mol. The van der Waals surface area contributed by atoms with Crippen molar-refractivity contribution in [1.82, 2.24) is 9.80 Å². The van der Waals surface area contributed by atoms with E-state index in [-0.39, 0.29) is 6.09 Å². The monoisotopic (exact) mass is 228 g/mol. The molecule has 1 saturated heterocycles. The van der Waals surface area contributed by atoms with Gasteiger partial charge in [0.15, 0.2) is 0 Å². The highest BCUT2D eigenvalue weighted by Crippen LogP contribution is 2.18. The van der Waals surface area contributed by atoms with Gasteiger partial charge in [-0.1, -0.05) is 0 Å². The number of likely N-dealkylation sites (tertiary alicyclic amines) is 1. The van der Waals surface area contributed by atoms with E-state index in [9.17, 15) is 4.79 Å². The van der Waals surface area contributed by atoms with Crippen molar-refractivity contribution in [2.75, 3.05) is 26.2 Å². The summed E-state index contributed by atoms with van der Waals surface area (Å²) in [6.07, 6.45) is 0.894. The number of amides is 1. The summed E-state index contributed by atoms with van der Waals surface area (Å²) in [5.74, 6) is 0. The van der Waals surface area contributed by atoms with Gasteiger partial charge in [-0.15, -0.1) is 0 Å². The Hall–Kier alpha value is -0.770. The molecule has 1 atom stereocenters. The van der Waals surface area contributed by atoms with E-state index in [0.717, 1.165) is 26.1 Å². The van der Waals surface area contributed by atoms with E-state index in [4.69, 9.17) is 4.74 Å². The van der Waals surface area contributed by atoms with Gasteiger partial charge in [-0.25, -0.2) is 4.79 Å². The summed E-state index contributed by atoms with van der Waals surface area (Å²) in [6.45, 7) is 11.5. The third kappa shape index (κ3) is 3.11. The highest BCUT2D eigenvalue weighted by Gasteiger charge is 2.31. The smallest absolute Gasteiger partial charge is 0.410 e. The highest BCUT2D eigenvalue weighted by molar-refractivity contribution is 5.68. The van der Waals surface area contributed by atoms with Gasteiger partial charge < -0.3 is 9.64 Å². The van der Waals surface area contributed by atoms with Crippen LogP contribution in [0.2, 0.25) is 0 Å². The van der Waals surface area contributed by atoms with Gasteiger partial charge in [-0.05, 0) is 34.1 Å². The van der Waals surface area contributed by atoms with E-state index in [1.165, 1.54) is 0 Å². The zero-order chi connectivity index (χ0) is 12.1. The van der Waals surface area contributed by atoms with Crippen molar-refractivity contribution in [2.24, 2.45) is 0 Å². The van der Waals surface area contributed by atoms with E-state index >= 15 is 0 Å². The summed E-state index contributed by atoms with van der Waals surface area (Å²) in [5.41, 5.74) is 0. The number of hydrogen-bond donors (Lipinski definition) is 0. The fourth-order valence-electron chi connectivity index (χ4n) is 2.23. The molecule has 0 aromatic heterocycles. The molecule has 0 aromatic rings. The predicted octanol–water partition coefficient (Wildman–Crippen LogP) is 1.95. The van der Waals surface area contributed by atoms with Crippen molar-refractivity contribution in [2.45, 2.75) is 46.2 Å². The zero-order valence-electron chi connectivity index (χ0n) is 10.9. The van der Waals surface area contributed by atoms with E-state index in [1.54, 1.807) is 0 Å². The minimum Gasteiger partial charge on any atom is -0.450 e. The summed E-state index contributed by atoms with van der Waals surface area (Å²) in [4.78, 5) is 16.0. The molecule has 0 aromatic carbocycles. The topological polar surface area (TPSA) is 32.8 Å². The Labute approximate surface area is 98.5 Å². The molecule has 0 radical (unpaired) electrons. The first-order chi connectivity index (χ1) is 7.60. The Morgan fingerprint density at radius 2 is 2.19 bits per heavy atom. The number of nitrogens with zero attached hydrogens (tertiary/aromatic N) is 2. The largest absolute Gasteiger partial charge is 0.450 e. The van der Waals surface area contributed by atoms with Gasteiger partial charge >= 0.3 is 6.09 Å². The molecule has 0 bridgehead atoms. The van der Waals surface area contributed by atoms with Gasteiger partial charge in [0.2, 0.25) is 0 Å². The van der Waals surface area contributed by atoms with Crippen LogP contribution in [-0.4, -0.2) is 54.2 Å². The summed E-state index contributed by atoms with van der Waals surface area (Å²) < 4.78 is 5.07. The number of likely N-dealkylation sites (N-methyl/N-ethyl adjacent to an activating group) is 1. The standard InChI is InChI=1S/C12H24N2O2/c1-5-14(12(15)16-6-2)11-7-8-13(9-11)10(3)4/h10-11H,5-9H2,1-4H3. The van der Waals surface area contributed by atoms with E-state index in [0.29, 0.717) is 18.7 Å². The highest BCUT2D eigenvalue weighted by atomic mass is 16.6. The fraction of sp³-hybridized carbons (Fsp3) is 0.917. The van der Waals surface area contributed by atoms with Crippen LogP contribution in [-0.2, 0) is 4.74 Å². The van der Waals surface area contributed by atoms with Crippen molar-refractivity contribution in [3.63, 3.8) is 0 Å². The van der Waals surface area contributed by atoms with Gasteiger partial charge in [0.25, 0.3) is 0 Å². The molecule has 1 fully saturated rings. The fourth-order valence-corrected chi connectivity index (χ4v) is 2.23. The molecule has 1 aliphatic heterocycles. The van der Waals surface area contributed by atoms with Gasteiger partial charge in [0, 0.05) is 31.7 Å². The summed E-state index contributed by atoms with van der Waals surface area (Å²) in [6, 6.07) is 0.886. The van der Waals surface area contributed by atoms with Gasteiger partial charge in [0.1, 0.15) is 0 Å². The van der Waals surface area contributed by atoms with Crippen LogP contribution in [0, 0.1) is 0 Å². The molecule has 4 heteroatoms. The molecular formula is C12H24N2O2. The molecule has 16 heavy (non-hydrogen) atoms. The number of ether oxygens (including phenoxy) is 1. The maximum absolute atomic E-state index is 11.7. The normalized spacial score (nSPS) is 21.4. The maximum Gasteiger partial charge on any atom is 0.410 e. The molecule has 1 rings (SSSR count). The molecule has 94 valence electrons. The Balaban J connectivity index is 2.52. The van der Waals surface area contributed by atoms with Crippen LogP contribution in [0.5, 0.6) is 0 Å². The molecule has 4 nitrogen and oxygen atoms in total. The first kappa shape index (κ1) is 13.3. The molecule has 0 saturated carbocycles. The lowest BCUT2D eigenvalue weighted by Crippen LogP contribution is -2.42. The van der Waals surface area contributed by atoms with Crippen molar-refractivity contribution >= 4 is 6.09 Å². The zero-order valence-corrected chi connectivity index (χ0v) is 10.9. The van der Waals surface area contributed by atoms with Gasteiger partial charge in [0.05, 0.1) is 6.61 Å². The first-order valence-corrected chi connectivity index (χ1v) is 6.27. The SMILES string of the molecule is CCOC(=O)N(CC)C1CCN(C(C)C)C1. The van der Waals surface area contributed by atoms with E-state index < -0.39 is 0 Å². The van der Waals surface area contributed by atoms with Crippen LogP contribution in [0.4, 0.5) is 4.79 Å². The van der Waals surface area contributed by atoms with Crippen LogP contribution < -0.4 is 0 Å². The summed E-state index contributed by atoms with van der Waals surface area (Å²) in [7, 11) is 0. The van der Waals surface area contributed by atoms with Crippen molar-refractivity contribution in [1.29, 1.82) is 0 Å². The Morgan fingerprint density at radius 1 is 1.50 bits per heavy atom. The second kappa shape index (κ2) is 6.09. The van der Waals surface area contributed by atoms with Crippen molar-refractivity contribution < 1.29 is 9.53 Å². The quantitative estimate of drug-likeness (QED) is 0.737. The minimum atomic E-state index is -0.166. The first-order valence-electron chi connectivity index (χ1n) is 6.27. The number of hydrogen-bond acceptors (Lipinski definition) is 3. The molecule has 1 aliphatic rings. The van der Waals surface area contributed by atoms with Crippen LogP contribution in [0.25, 0.3) is 0 Å². The second-order valence-electron chi connectivity index (χ2n) is 4.52. The van der Waals surface area contributed by atoms with Crippen molar-refractivity contribution in [3.8, 4) is 0 Å². The molecular weight excluding hydrogens is 204 g/mol. The molecule has 0 spiro atoms. The molecule has 1 unspecified atom stereocenters. The molecule has 1 amide bonds. The third-order valence-electron chi connectivity index (χ3n) is 3.21. The Morgan fingerprint density at radius 3 is 2.62 bits per heavy atom. The van der Waals surface area contributed by atoms with Crippen LogP contribution in [0.3, 0.4) is 0 Å². The number of carbonyl (C=O) groups is 1. The minimum absolute atomic E-state index is 0.166. The average Bonchev–Trinajstić information content (AvgIpc) is 2.68. The third-order valence-corrected chi connectivity index (χ3v) is 3.21.